The maximum atomic E-state index is 13.5. The number of nitrogens with zero attached hydrogens (tertiary/aromatic N) is 3. The summed E-state index contributed by atoms with van der Waals surface area (Å²) in [5.41, 5.74) is 9.96. The third-order valence-electron chi connectivity index (χ3n) is 6.31. The Labute approximate surface area is 189 Å². The molecule has 31 heavy (non-hydrogen) atoms. The summed E-state index contributed by atoms with van der Waals surface area (Å²) < 4.78 is 11.5. The average molecular weight is 461 g/mol. The normalized spacial score (nSPS) is 23.7. The van der Waals surface area contributed by atoms with Gasteiger partial charge in [0.15, 0.2) is 5.58 Å². The lowest BCUT2D eigenvalue weighted by atomic mass is 9.87. The molecule has 0 saturated carbocycles. The molecule has 3 aromatic rings. The Bertz CT molecular complexity index is 1170. The van der Waals surface area contributed by atoms with Crippen LogP contribution >= 0.6 is 23.2 Å². The minimum absolute atomic E-state index is 0.0221. The zero-order valence-corrected chi connectivity index (χ0v) is 18.5. The van der Waals surface area contributed by atoms with Gasteiger partial charge in [0.1, 0.15) is 11.6 Å². The predicted octanol–water partition coefficient (Wildman–Crippen LogP) is 4.52. The standard InChI is InChI=1S/C22H22Cl2N4O3/c1-11-19-13(6-14(23)8-16(19)24)2-4-28(11)21(29)18-7-12(3-5-30-18)15-9-26-10-17-20(15)31-22(25)27-17/h6,8-12,18H,2-5,7H2,1H3,(H2,25,27)/t11-,12-,18+/m0/s1. The number of anilines is 1. The van der Waals surface area contributed by atoms with Gasteiger partial charge >= 0.3 is 0 Å². The van der Waals surface area contributed by atoms with E-state index in [9.17, 15) is 4.79 Å². The summed E-state index contributed by atoms with van der Waals surface area (Å²) in [6.07, 6.45) is 4.89. The van der Waals surface area contributed by atoms with Gasteiger partial charge in [0.25, 0.3) is 11.9 Å². The smallest absolute Gasteiger partial charge is 0.293 e. The monoisotopic (exact) mass is 460 g/mol. The highest BCUT2D eigenvalue weighted by molar-refractivity contribution is 6.35. The van der Waals surface area contributed by atoms with Crippen LogP contribution in [0.5, 0.6) is 0 Å². The number of fused-ring (bicyclic) bond motifs is 2. The van der Waals surface area contributed by atoms with Crippen LogP contribution in [-0.2, 0) is 16.0 Å². The number of nitrogen functional groups attached to an aromatic ring is 1. The highest BCUT2D eigenvalue weighted by atomic mass is 35.5. The Hall–Kier alpha value is -2.35. The van der Waals surface area contributed by atoms with Crippen LogP contribution < -0.4 is 5.73 Å². The molecule has 9 heteroatoms. The fraction of sp³-hybridized carbons (Fsp3) is 0.409. The highest BCUT2D eigenvalue weighted by Gasteiger charge is 2.37. The third kappa shape index (κ3) is 3.64. The molecule has 1 fully saturated rings. The van der Waals surface area contributed by atoms with Crippen molar-refractivity contribution in [1.29, 1.82) is 0 Å². The van der Waals surface area contributed by atoms with Crippen LogP contribution in [0.1, 0.15) is 48.4 Å². The lowest BCUT2D eigenvalue weighted by Gasteiger charge is -2.39. The summed E-state index contributed by atoms with van der Waals surface area (Å²) in [6.45, 7) is 3.08. The van der Waals surface area contributed by atoms with E-state index in [4.69, 9.17) is 38.1 Å². The first-order chi connectivity index (χ1) is 14.9. The summed E-state index contributed by atoms with van der Waals surface area (Å²) in [5.74, 6) is 0.0483. The quantitative estimate of drug-likeness (QED) is 0.603. The van der Waals surface area contributed by atoms with Crippen molar-refractivity contribution in [3.8, 4) is 0 Å². The van der Waals surface area contributed by atoms with E-state index in [0.717, 1.165) is 23.1 Å². The molecule has 4 heterocycles. The maximum Gasteiger partial charge on any atom is 0.293 e. The largest absolute Gasteiger partial charge is 0.423 e. The Balaban J connectivity index is 1.38. The second-order valence-electron chi connectivity index (χ2n) is 8.13. The zero-order chi connectivity index (χ0) is 21.7. The molecule has 2 N–H and O–H groups in total. The van der Waals surface area contributed by atoms with E-state index < -0.39 is 6.10 Å². The molecule has 0 spiro atoms. The van der Waals surface area contributed by atoms with Crippen molar-refractivity contribution >= 4 is 46.2 Å². The van der Waals surface area contributed by atoms with Gasteiger partial charge in [0, 0.05) is 35.0 Å². The third-order valence-corrected chi connectivity index (χ3v) is 6.84. The molecular formula is C22H22Cl2N4O3. The molecule has 162 valence electrons. The van der Waals surface area contributed by atoms with Crippen molar-refractivity contribution in [2.24, 2.45) is 0 Å². The molecule has 1 saturated heterocycles. The number of benzene rings is 1. The fourth-order valence-electron chi connectivity index (χ4n) is 4.82. The molecule has 0 radical (unpaired) electrons. The van der Waals surface area contributed by atoms with E-state index >= 15 is 0 Å². The lowest BCUT2D eigenvalue weighted by molar-refractivity contribution is -0.149. The number of carbonyl (C=O) groups excluding carboxylic acids is 1. The minimum atomic E-state index is -0.538. The fourth-order valence-corrected chi connectivity index (χ4v) is 5.52. The van der Waals surface area contributed by atoms with E-state index in [-0.39, 0.29) is 23.9 Å². The average Bonchev–Trinajstić information content (AvgIpc) is 3.13. The van der Waals surface area contributed by atoms with Crippen LogP contribution in [0.2, 0.25) is 10.0 Å². The molecule has 3 atom stereocenters. The lowest BCUT2D eigenvalue weighted by Crippen LogP contribution is -2.47. The summed E-state index contributed by atoms with van der Waals surface area (Å²) in [6, 6.07) is 3.63. The second kappa shape index (κ2) is 7.97. The van der Waals surface area contributed by atoms with Crippen LogP contribution in [0.3, 0.4) is 0 Å². The molecule has 2 aliphatic heterocycles. The summed E-state index contributed by atoms with van der Waals surface area (Å²) in [4.78, 5) is 23.8. The predicted molar refractivity (Wildman–Crippen MR) is 118 cm³/mol. The van der Waals surface area contributed by atoms with Gasteiger partial charge in [-0.05, 0) is 55.4 Å². The van der Waals surface area contributed by atoms with Gasteiger partial charge in [-0.3, -0.25) is 9.78 Å². The number of rotatable bonds is 2. The Morgan fingerprint density at radius 2 is 2.13 bits per heavy atom. The summed E-state index contributed by atoms with van der Waals surface area (Å²) in [7, 11) is 0. The van der Waals surface area contributed by atoms with E-state index in [1.54, 1.807) is 18.5 Å². The molecule has 1 amide bonds. The molecule has 0 aliphatic carbocycles. The highest BCUT2D eigenvalue weighted by Crippen LogP contribution is 2.39. The van der Waals surface area contributed by atoms with Gasteiger partial charge in [-0.2, -0.15) is 4.98 Å². The second-order valence-corrected chi connectivity index (χ2v) is 8.97. The molecule has 0 unspecified atom stereocenters. The zero-order valence-electron chi connectivity index (χ0n) is 17.0. The number of pyridine rings is 1. The minimum Gasteiger partial charge on any atom is -0.423 e. The van der Waals surface area contributed by atoms with Crippen LogP contribution in [0, 0.1) is 0 Å². The molecule has 2 aliphatic rings. The van der Waals surface area contributed by atoms with Gasteiger partial charge < -0.3 is 19.8 Å². The van der Waals surface area contributed by atoms with Crippen molar-refractivity contribution in [3.63, 3.8) is 0 Å². The number of aromatic nitrogens is 2. The van der Waals surface area contributed by atoms with Gasteiger partial charge in [0.05, 0.1) is 12.2 Å². The molecule has 2 aromatic heterocycles. The Morgan fingerprint density at radius 1 is 1.29 bits per heavy atom. The molecular weight excluding hydrogens is 439 g/mol. The van der Waals surface area contributed by atoms with E-state index in [0.29, 0.717) is 47.1 Å². The van der Waals surface area contributed by atoms with E-state index in [1.165, 1.54) is 0 Å². The number of amides is 1. The van der Waals surface area contributed by atoms with Gasteiger partial charge in [-0.15, -0.1) is 0 Å². The number of halogens is 2. The Morgan fingerprint density at radius 3 is 2.97 bits per heavy atom. The van der Waals surface area contributed by atoms with Crippen LogP contribution in [0.4, 0.5) is 6.01 Å². The van der Waals surface area contributed by atoms with Crippen molar-refractivity contribution in [2.45, 2.75) is 44.2 Å². The molecule has 5 rings (SSSR count). The number of hydrogen-bond donors (Lipinski definition) is 1. The number of hydrogen-bond acceptors (Lipinski definition) is 6. The number of oxazole rings is 1. The van der Waals surface area contributed by atoms with Crippen LogP contribution in [0.25, 0.3) is 11.1 Å². The number of carbonyl (C=O) groups is 1. The molecule has 0 bridgehead atoms. The van der Waals surface area contributed by atoms with Gasteiger partial charge in [-0.25, -0.2) is 0 Å². The summed E-state index contributed by atoms with van der Waals surface area (Å²) >= 11 is 12.6. The van der Waals surface area contributed by atoms with Crippen molar-refractivity contribution < 1.29 is 13.9 Å². The van der Waals surface area contributed by atoms with Crippen molar-refractivity contribution in [3.05, 3.63) is 51.3 Å². The molecule has 1 aromatic carbocycles. The first-order valence-corrected chi connectivity index (χ1v) is 11.1. The van der Waals surface area contributed by atoms with Gasteiger partial charge in [-0.1, -0.05) is 23.2 Å². The first-order valence-electron chi connectivity index (χ1n) is 10.3. The first kappa shape index (κ1) is 20.5. The van der Waals surface area contributed by atoms with Crippen molar-refractivity contribution in [1.82, 2.24) is 14.9 Å². The van der Waals surface area contributed by atoms with Crippen LogP contribution in [-0.4, -0.2) is 40.0 Å². The van der Waals surface area contributed by atoms with Crippen molar-refractivity contribution in [2.75, 3.05) is 18.9 Å². The summed E-state index contributed by atoms with van der Waals surface area (Å²) in [5, 5.41) is 1.21. The molecule has 7 nitrogen and oxygen atoms in total. The SMILES string of the molecule is C[C@H]1c2c(Cl)cc(Cl)cc2CCN1C(=O)[C@H]1C[C@@H](c2cncc3nc(N)oc23)CCO1. The number of ether oxygens (including phenoxy) is 1. The topological polar surface area (TPSA) is 94.5 Å². The van der Waals surface area contributed by atoms with Gasteiger partial charge in [0.2, 0.25) is 0 Å². The number of nitrogens with two attached hydrogens (primary N) is 1. The Kier molecular flexibility index (Phi) is 5.28. The van der Waals surface area contributed by atoms with E-state index in [2.05, 4.69) is 9.97 Å². The van der Waals surface area contributed by atoms with Crippen LogP contribution in [0.15, 0.2) is 28.9 Å². The maximum absolute atomic E-state index is 13.5. The van der Waals surface area contributed by atoms with E-state index in [1.807, 2.05) is 17.9 Å².